The third kappa shape index (κ3) is 9.16. The summed E-state index contributed by atoms with van der Waals surface area (Å²) in [7, 11) is -1.31. The molecule has 2 aromatic carbocycles. The van der Waals surface area contributed by atoms with Gasteiger partial charge in [-0.05, 0) is 78.7 Å². The maximum absolute atomic E-state index is 11.8. The van der Waals surface area contributed by atoms with Crippen LogP contribution in [0.15, 0.2) is 42.5 Å². The average Bonchev–Trinajstić information content (AvgIpc) is 2.81. The van der Waals surface area contributed by atoms with Gasteiger partial charge in [0.25, 0.3) is 0 Å². The molecule has 200 valence electrons. The van der Waals surface area contributed by atoms with E-state index in [1.54, 1.807) is 7.11 Å². The van der Waals surface area contributed by atoms with Crippen LogP contribution in [0.4, 0.5) is 5.69 Å². The number of aryl methyl sites for hydroxylation is 1. The van der Waals surface area contributed by atoms with E-state index in [-0.39, 0.29) is 12.1 Å². The Bertz CT molecular complexity index is 1020. The van der Waals surface area contributed by atoms with Crippen LogP contribution in [0.1, 0.15) is 70.4 Å². The monoisotopic (exact) mass is 515 g/mol. The van der Waals surface area contributed by atoms with E-state index in [4.69, 9.17) is 9.47 Å². The lowest BCUT2D eigenvalue weighted by atomic mass is 9.88. The smallest absolute Gasteiger partial charge is 0.198 e. The van der Waals surface area contributed by atoms with Gasteiger partial charge in [-0.25, -0.2) is 0 Å². The van der Waals surface area contributed by atoms with Crippen molar-refractivity contribution in [2.24, 2.45) is 11.3 Å². The number of hydrogen-bond acceptors (Lipinski definition) is 4. The summed E-state index contributed by atoms with van der Waals surface area (Å²) in [5.41, 5.74) is 4.15. The fraction of sp³-hybridized carbons (Fsp3) is 0.600. The highest BCUT2D eigenvalue weighted by Crippen LogP contribution is 2.41. The molecule has 5 nitrogen and oxygen atoms in total. The van der Waals surface area contributed by atoms with Crippen LogP contribution < -0.4 is 14.4 Å². The lowest BCUT2D eigenvalue weighted by Gasteiger charge is -2.35. The van der Waals surface area contributed by atoms with Gasteiger partial charge >= 0.3 is 0 Å². The van der Waals surface area contributed by atoms with Crippen molar-refractivity contribution in [3.8, 4) is 11.5 Å². The largest absolute Gasteiger partial charge is 0.497 e. The molecule has 1 saturated heterocycles. The van der Waals surface area contributed by atoms with Gasteiger partial charge in [0.15, 0.2) is 7.37 Å². The van der Waals surface area contributed by atoms with E-state index in [9.17, 15) is 9.46 Å². The molecule has 0 saturated carbocycles. The molecule has 1 aliphatic rings. The van der Waals surface area contributed by atoms with E-state index in [0.717, 1.165) is 49.4 Å². The molecular formula is C30H46NO4P. The van der Waals surface area contributed by atoms with Crippen LogP contribution in [-0.2, 0) is 11.0 Å². The van der Waals surface area contributed by atoms with Crippen molar-refractivity contribution in [1.82, 2.24) is 0 Å². The molecule has 1 fully saturated rings. The zero-order valence-electron chi connectivity index (χ0n) is 23.1. The number of methoxy groups -OCH3 is 1. The van der Waals surface area contributed by atoms with Crippen molar-refractivity contribution >= 4 is 13.1 Å². The highest BCUT2D eigenvalue weighted by molar-refractivity contribution is 7.57. The summed E-state index contributed by atoms with van der Waals surface area (Å²) in [6.45, 7) is 13.1. The van der Waals surface area contributed by atoms with Gasteiger partial charge in [-0.15, -0.1) is 0 Å². The van der Waals surface area contributed by atoms with Crippen LogP contribution >= 0.6 is 7.37 Å². The van der Waals surface area contributed by atoms with E-state index in [1.165, 1.54) is 30.8 Å². The molecule has 1 unspecified atom stereocenters. The Kier molecular flexibility index (Phi) is 9.94. The van der Waals surface area contributed by atoms with Gasteiger partial charge in [0, 0.05) is 37.7 Å². The quantitative estimate of drug-likeness (QED) is 0.317. The molecule has 0 aromatic heterocycles. The van der Waals surface area contributed by atoms with Crippen LogP contribution in [0.5, 0.6) is 11.5 Å². The van der Waals surface area contributed by atoms with Gasteiger partial charge in [0.05, 0.1) is 13.7 Å². The van der Waals surface area contributed by atoms with Crippen molar-refractivity contribution < 1.29 is 18.9 Å². The Labute approximate surface area is 218 Å². The van der Waals surface area contributed by atoms with Gasteiger partial charge < -0.3 is 19.3 Å². The second-order valence-electron chi connectivity index (χ2n) is 11.9. The zero-order chi connectivity index (χ0) is 26.3. The predicted octanol–water partition coefficient (Wildman–Crippen LogP) is 7.36. The minimum atomic E-state index is -3.05. The maximum atomic E-state index is 11.8. The molecule has 0 amide bonds. The van der Waals surface area contributed by atoms with Crippen LogP contribution in [0, 0.1) is 11.3 Å². The Morgan fingerprint density at radius 1 is 1.11 bits per heavy atom. The van der Waals surface area contributed by atoms with Gasteiger partial charge in [-0.1, -0.05) is 45.9 Å². The number of nitrogens with zero attached hydrogens (tertiary/aromatic N) is 1. The first-order valence-electron chi connectivity index (χ1n) is 13.4. The molecular weight excluding hydrogens is 469 g/mol. The topological polar surface area (TPSA) is 59.0 Å². The van der Waals surface area contributed by atoms with Gasteiger partial charge in [0.2, 0.25) is 0 Å². The Morgan fingerprint density at radius 2 is 1.83 bits per heavy atom. The third-order valence-corrected chi connectivity index (χ3v) is 8.37. The molecule has 3 rings (SSSR count). The van der Waals surface area contributed by atoms with E-state index in [0.29, 0.717) is 17.9 Å². The summed E-state index contributed by atoms with van der Waals surface area (Å²) >= 11 is 0. The second kappa shape index (κ2) is 12.5. The first-order chi connectivity index (χ1) is 16.9. The summed E-state index contributed by atoms with van der Waals surface area (Å²) in [5.74, 6) is 2.31. The average molecular weight is 516 g/mol. The minimum absolute atomic E-state index is 0.0260. The summed E-state index contributed by atoms with van der Waals surface area (Å²) < 4.78 is 23.5. The van der Waals surface area contributed by atoms with Crippen LogP contribution in [-0.4, -0.2) is 44.5 Å². The van der Waals surface area contributed by atoms with E-state index in [2.05, 4.69) is 43.9 Å². The molecule has 2 aromatic rings. The second-order valence-corrected chi connectivity index (χ2v) is 14.3. The zero-order valence-corrected chi connectivity index (χ0v) is 24.0. The van der Waals surface area contributed by atoms with Gasteiger partial charge in [0.1, 0.15) is 11.5 Å². The predicted molar refractivity (Wildman–Crippen MR) is 151 cm³/mol. The fourth-order valence-electron chi connectivity index (χ4n) is 5.06. The lowest BCUT2D eigenvalue weighted by molar-refractivity contribution is 0.222. The van der Waals surface area contributed by atoms with Gasteiger partial charge in [-0.2, -0.15) is 0 Å². The van der Waals surface area contributed by atoms with Crippen molar-refractivity contribution in [2.75, 3.05) is 44.5 Å². The molecule has 0 radical (unpaired) electrons. The highest BCUT2D eigenvalue weighted by Gasteiger charge is 2.23. The first-order valence-corrected chi connectivity index (χ1v) is 15.7. The highest BCUT2D eigenvalue weighted by atomic mass is 31.2. The van der Waals surface area contributed by atoms with Crippen molar-refractivity contribution in [3.05, 3.63) is 53.6 Å². The fourth-order valence-corrected chi connectivity index (χ4v) is 6.29. The Balaban J connectivity index is 1.56. The first kappa shape index (κ1) is 28.6. The molecule has 0 aliphatic carbocycles. The third-order valence-electron chi connectivity index (χ3n) is 7.15. The van der Waals surface area contributed by atoms with Crippen molar-refractivity contribution in [2.45, 2.75) is 65.7 Å². The van der Waals surface area contributed by atoms with Crippen LogP contribution in [0.3, 0.4) is 0 Å². The molecule has 36 heavy (non-hydrogen) atoms. The summed E-state index contributed by atoms with van der Waals surface area (Å²) in [6, 6.07) is 14.5. The van der Waals surface area contributed by atoms with Crippen LogP contribution in [0.25, 0.3) is 0 Å². The van der Waals surface area contributed by atoms with Crippen LogP contribution in [0.2, 0.25) is 0 Å². The summed E-state index contributed by atoms with van der Waals surface area (Å²) in [6.07, 6.45) is 5.99. The normalized spacial score (nSPS) is 17.5. The molecule has 1 aliphatic heterocycles. The molecule has 1 heterocycles. The molecule has 0 spiro atoms. The van der Waals surface area contributed by atoms with Crippen molar-refractivity contribution in [3.63, 3.8) is 0 Å². The molecule has 1 N–H and O–H groups in total. The minimum Gasteiger partial charge on any atom is -0.497 e. The Morgan fingerprint density at radius 3 is 2.47 bits per heavy atom. The van der Waals surface area contributed by atoms with E-state index < -0.39 is 7.37 Å². The molecule has 2 atom stereocenters. The molecule has 6 heteroatoms. The van der Waals surface area contributed by atoms with E-state index in [1.807, 2.05) is 31.2 Å². The number of anilines is 1. The van der Waals surface area contributed by atoms with E-state index >= 15 is 0 Å². The number of ether oxygens (including phenoxy) is 2. The number of benzene rings is 2. The Hall–Kier alpha value is -1.97. The summed E-state index contributed by atoms with van der Waals surface area (Å²) in [4.78, 5) is 12.2. The van der Waals surface area contributed by atoms with Gasteiger partial charge in [-0.3, -0.25) is 4.57 Å². The maximum Gasteiger partial charge on any atom is 0.198 e. The van der Waals surface area contributed by atoms with Crippen molar-refractivity contribution in [1.29, 1.82) is 0 Å². The number of rotatable bonds is 11. The standard InChI is InChI=1S/C30H46NO4P/c1-23(22-36(6,32)33)26-9-7-11-28(19-26)35-21-24-14-17-31(18-15-24)29-20-27(34-5)13-12-25(29)10-8-16-30(2,3)4/h7,9,11-13,19-20,23-24H,8,10,14-18,21-22H2,1-6H3,(H,32,33)/t23-/m1/s1. The SMILES string of the molecule is COc1ccc(CCCC(C)(C)C)c(N2CCC(COc3cccc([C@H](C)CP(C)(=O)O)c3)CC2)c1. The lowest BCUT2D eigenvalue weighted by Crippen LogP contribution is -2.36. The summed E-state index contributed by atoms with van der Waals surface area (Å²) in [5, 5.41) is 0. The molecule has 0 bridgehead atoms. The number of piperidine rings is 1. The number of hydrogen-bond donors (Lipinski definition) is 1.